The molecule has 5 nitrogen and oxygen atoms in total. The number of aliphatic imine (C=N–C) groups is 1. The number of hydrogen-bond donors (Lipinski definition) is 2. The van der Waals surface area contributed by atoms with Crippen molar-refractivity contribution in [3.05, 3.63) is 15.6 Å². The zero-order valence-corrected chi connectivity index (χ0v) is 16.0. The van der Waals surface area contributed by atoms with Crippen LogP contribution in [0.15, 0.2) is 4.99 Å². The van der Waals surface area contributed by atoms with Crippen molar-refractivity contribution in [1.29, 1.82) is 0 Å². The van der Waals surface area contributed by atoms with Gasteiger partial charge in [0, 0.05) is 36.6 Å². The van der Waals surface area contributed by atoms with Crippen LogP contribution in [0.25, 0.3) is 0 Å². The first-order chi connectivity index (χ1) is 11.0. The van der Waals surface area contributed by atoms with Crippen LogP contribution in [0, 0.1) is 13.8 Å². The highest BCUT2D eigenvalue weighted by Gasteiger charge is 2.21. The molecule has 0 unspecified atom stereocenters. The lowest BCUT2D eigenvalue weighted by atomic mass is 10.0. The van der Waals surface area contributed by atoms with Crippen molar-refractivity contribution in [1.82, 2.24) is 20.5 Å². The lowest BCUT2D eigenvalue weighted by Crippen LogP contribution is -2.49. The second-order valence-corrected chi connectivity index (χ2v) is 7.77. The zero-order valence-electron chi connectivity index (χ0n) is 15.1. The van der Waals surface area contributed by atoms with Gasteiger partial charge in [-0.25, -0.2) is 9.98 Å². The number of aromatic nitrogens is 1. The van der Waals surface area contributed by atoms with Gasteiger partial charge in [-0.3, -0.25) is 0 Å². The number of guanidine groups is 1. The standard InChI is InChI=1S/C17H31N5S/c1-6-18-17(19-11-16-13(4)20-14(5)23-16)21-15-7-9-22(10-8-15)12(2)3/h12,15H,6-11H2,1-5H3,(H2,18,19,21). The number of nitrogens with zero attached hydrogens (tertiary/aromatic N) is 3. The van der Waals surface area contributed by atoms with E-state index in [0.717, 1.165) is 23.2 Å². The molecule has 0 spiro atoms. The molecule has 1 aromatic rings. The number of nitrogens with one attached hydrogen (secondary N) is 2. The molecule has 0 amide bonds. The first kappa shape index (κ1) is 18.2. The lowest BCUT2D eigenvalue weighted by Gasteiger charge is -2.35. The fourth-order valence-corrected chi connectivity index (χ4v) is 3.81. The fraction of sp³-hybridized carbons (Fsp3) is 0.765. The van der Waals surface area contributed by atoms with Gasteiger partial charge in [0.25, 0.3) is 0 Å². The fourth-order valence-electron chi connectivity index (χ4n) is 2.94. The molecule has 0 aliphatic carbocycles. The Hall–Kier alpha value is -1.14. The lowest BCUT2D eigenvalue weighted by molar-refractivity contribution is 0.167. The van der Waals surface area contributed by atoms with Gasteiger partial charge in [-0.1, -0.05) is 0 Å². The van der Waals surface area contributed by atoms with E-state index < -0.39 is 0 Å². The summed E-state index contributed by atoms with van der Waals surface area (Å²) in [5.74, 6) is 0.931. The molecule has 0 atom stereocenters. The van der Waals surface area contributed by atoms with E-state index in [2.05, 4.69) is 55.1 Å². The second kappa shape index (κ2) is 8.64. The highest BCUT2D eigenvalue weighted by atomic mass is 32.1. The van der Waals surface area contributed by atoms with Gasteiger partial charge in [0.05, 0.1) is 17.2 Å². The van der Waals surface area contributed by atoms with Gasteiger partial charge < -0.3 is 15.5 Å². The van der Waals surface area contributed by atoms with Crippen molar-refractivity contribution in [2.75, 3.05) is 19.6 Å². The third-order valence-electron chi connectivity index (χ3n) is 4.33. The molecule has 1 fully saturated rings. The van der Waals surface area contributed by atoms with Gasteiger partial charge in [0.15, 0.2) is 5.96 Å². The first-order valence-corrected chi connectivity index (χ1v) is 9.53. The molecular formula is C17H31N5S. The number of aryl methyl sites for hydroxylation is 2. The predicted octanol–water partition coefficient (Wildman–Crippen LogP) is 2.69. The van der Waals surface area contributed by atoms with Crippen LogP contribution in [0.1, 0.15) is 49.2 Å². The Morgan fingerprint density at radius 1 is 1.35 bits per heavy atom. The van der Waals surface area contributed by atoms with Crippen LogP contribution in [0.4, 0.5) is 0 Å². The van der Waals surface area contributed by atoms with Gasteiger partial charge in [-0.2, -0.15) is 0 Å². The Morgan fingerprint density at radius 3 is 2.57 bits per heavy atom. The third kappa shape index (κ3) is 5.46. The monoisotopic (exact) mass is 337 g/mol. The van der Waals surface area contributed by atoms with E-state index in [4.69, 9.17) is 4.99 Å². The van der Waals surface area contributed by atoms with Crippen molar-refractivity contribution >= 4 is 17.3 Å². The minimum absolute atomic E-state index is 0.520. The van der Waals surface area contributed by atoms with Gasteiger partial charge in [0.1, 0.15) is 0 Å². The summed E-state index contributed by atoms with van der Waals surface area (Å²) in [6, 6.07) is 1.17. The molecule has 0 bridgehead atoms. The molecule has 0 aromatic carbocycles. The molecule has 1 aliphatic rings. The molecule has 0 radical (unpaired) electrons. The number of rotatable bonds is 5. The molecule has 23 heavy (non-hydrogen) atoms. The number of piperidine rings is 1. The SMILES string of the molecule is CCNC(=NCc1sc(C)nc1C)NC1CCN(C(C)C)CC1. The van der Waals surface area contributed by atoms with Gasteiger partial charge >= 0.3 is 0 Å². The molecule has 1 aromatic heterocycles. The summed E-state index contributed by atoms with van der Waals surface area (Å²) in [5, 5.41) is 8.10. The van der Waals surface area contributed by atoms with Gasteiger partial charge in [-0.15, -0.1) is 11.3 Å². The topological polar surface area (TPSA) is 52.6 Å². The average Bonchev–Trinajstić information content (AvgIpc) is 2.83. The van der Waals surface area contributed by atoms with Crippen molar-refractivity contribution in [2.24, 2.45) is 4.99 Å². The van der Waals surface area contributed by atoms with Crippen molar-refractivity contribution in [3.8, 4) is 0 Å². The van der Waals surface area contributed by atoms with Crippen molar-refractivity contribution < 1.29 is 0 Å². The average molecular weight is 338 g/mol. The molecule has 6 heteroatoms. The predicted molar refractivity (Wildman–Crippen MR) is 99.3 cm³/mol. The molecular weight excluding hydrogens is 306 g/mol. The van der Waals surface area contributed by atoms with Crippen LogP contribution in [0.2, 0.25) is 0 Å². The minimum atomic E-state index is 0.520. The first-order valence-electron chi connectivity index (χ1n) is 8.71. The minimum Gasteiger partial charge on any atom is -0.357 e. The van der Waals surface area contributed by atoms with Gasteiger partial charge in [-0.05, 0) is 47.5 Å². The molecule has 0 saturated carbocycles. The summed E-state index contributed by atoms with van der Waals surface area (Å²) in [6.45, 7) is 14.7. The third-order valence-corrected chi connectivity index (χ3v) is 5.38. The maximum absolute atomic E-state index is 4.76. The van der Waals surface area contributed by atoms with Crippen LogP contribution in [-0.4, -0.2) is 47.6 Å². The maximum atomic E-state index is 4.76. The molecule has 1 saturated heterocycles. The van der Waals surface area contributed by atoms with Crippen LogP contribution in [0.3, 0.4) is 0 Å². The Morgan fingerprint density at radius 2 is 2.04 bits per heavy atom. The van der Waals surface area contributed by atoms with E-state index in [-0.39, 0.29) is 0 Å². The molecule has 130 valence electrons. The van der Waals surface area contributed by atoms with Crippen LogP contribution in [-0.2, 0) is 6.54 Å². The maximum Gasteiger partial charge on any atom is 0.191 e. The summed E-state index contributed by atoms with van der Waals surface area (Å²) in [5.41, 5.74) is 1.11. The van der Waals surface area contributed by atoms with E-state index in [1.54, 1.807) is 11.3 Å². The van der Waals surface area contributed by atoms with Crippen LogP contribution in [0.5, 0.6) is 0 Å². The Bertz CT molecular complexity index is 515. The van der Waals surface area contributed by atoms with Crippen LogP contribution >= 0.6 is 11.3 Å². The quantitative estimate of drug-likeness (QED) is 0.641. The number of likely N-dealkylation sites (tertiary alicyclic amines) is 1. The summed E-state index contributed by atoms with van der Waals surface area (Å²) in [7, 11) is 0. The summed E-state index contributed by atoms with van der Waals surface area (Å²) in [6.07, 6.45) is 2.36. The van der Waals surface area contributed by atoms with E-state index in [0.29, 0.717) is 18.6 Å². The Balaban J connectivity index is 1.91. The van der Waals surface area contributed by atoms with E-state index in [1.807, 2.05) is 0 Å². The van der Waals surface area contributed by atoms with E-state index in [9.17, 15) is 0 Å². The van der Waals surface area contributed by atoms with Crippen molar-refractivity contribution in [3.63, 3.8) is 0 Å². The second-order valence-electron chi connectivity index (χ2n) is 6.48. The highest BCUT2D eigenvalue weighted by Crippen LogP contribution is 2.18. The summed E-state index contributed by atoms with van der Waals surface area (Å²) < 4.78 is 0. The Kier molecular flexibility index (Phi) is 6.84. The largest absolute Gasteiger partial charge is 0.357 e. The molecule has 1 aliphatic heterocycles. The number of thiazole rings is 1. The number of hydrogen-bond acceptors (Lipinski definition) is 4. The molecule has 2 N–H and O–H groups in total. The van der Waals surface area contributed by atoms with Gasteiger partial charge in [0.2, 0.25) is 0 Å². The zero-order chi connectivity index (χ0) is 16.8. The summed E-state index contributed by atoms with van der Waals surface area (Å²) >= 11 is 1.74. The van der Waals surface area contributed by atoms with E-state index in [1.165, 1.54) is 30.8 Å². The smallest absolute Gasteiger partial charge is 0.191 e. The van der Waals surface area contributed by atoms with Crippen LogP contribution < -0.4 is 10.6 Å². The molecule has 2 rings (SSSR count). The normalized spacial score (nSPS) is 17.7. The van der Waals surface area contributed by atoms with Crippen molar-refractivity contribution in [2.45, 2.75) is 66.1 Å². The van der Waals surface area contributed by atoms with E-state index >= 15 is 0 Å². The highest BCUT2D eigenvalue weighted by molar-refractivity contribution is 7.11. The molecule has 2 heterocycles. The summed E-state index contributed by atoms with van der Waals surface area (Å²) in [4.78, 5) is 13.0. The Labute approximate surface area is 144 Å².